The van der Waals surface area contributed by atoms with Gasteiger partial charge in [0.15, 0.2) is 0 Å². The van der Waals surface area contributed by atoms with Crippen LogP contribution in [0.3, 0.4) is 0 Å². The molecule has 15 heavy (non-hydrogen) atoms. The van der Waals surface area contributed by atoms with E-state index >= 15 is 0 Å². The molecule has 1 aliphatic heterocycles. The largest absolute Gasteiger partial charge is 0.374 e. The molecule has 1 heterocycles. The lowest BCUT2D eigenvalue weighted by Crippen LogP contribution is -2.14. The van der Waals surface area contributed by atoms with E-state index < -0.39 is 0 Å². The molecular formula is C12H15N3. The highest BCUT2D eigenvalue weighted by Gasteiger charge is 2.17. The fraction of sp³-hybridized carbons (Fsp3) is 0.417. The summed E-state index contributed by atoms with van der Waals surface area (Å²) in [7, 11) is 3.92. The molecule has 0 saturated carbocycles. The van der Waals surface area contributed by atoms with Crippen LogP contribution in [-0.4, -0.2) is 20.6 Å². The Hall–Kier alpha value is -1.53. The van der Waals surface area contributed by atoms with Gasteiger partial charge < -0.3 is 10.2 Å². The van der Waals surface area contributed by atoms with Gasteiger partial charge in [0.25, 0.3) is 0 Å². The van der Waals surface area contributed by atoms with Crippen molar-refractivity contribution in [2.24, 2.45) is 0 Å². The highest BCUT2D eigenvalue weighted by molar-refractivity contribution is 5.59. The summed E-state index contributed by atoms with van der Waals surface area (Å²) >= 11 is 0. The first-order valence-corrected chi connectivity index (χ1v) is 5.17. The molecule has 1 atom stereocenters. The lowest BCUT2D eigenvalue weighted by molar-refractivity contribution is 0.726. The van der Waals surface area contributed by atoms with E-state index in [0.717, 1.165) is 18.5 Å². The number of hydrogen-bond acceptors (Lipinski definition) is 3. The molecule has 1 aromatic rings. The molecular weight excluding hydrogens is 186 g/mol. The van der Waals surface area contributed by atoms with Gasteiger partial charge in [-0.05, 0) is 30.7 Å². The molecule has 0 spiro atoms. The van der Waals surface area contributed by atoms with Crippen LogP contribution in [0.2, 0.25) is 0 Å². The number of hydrogen-bond donors (Lipinski definition) is 1. The van der Waals surface area contributed by atoms with Crippen LogP contribution in [0.15, 0.2) is 18.2 Å². The number of rotatable bonds is 2. The third-order valence-corrected chi connectivity index (χ3v) is 2.98. The van der Waals surface area contributed by atoms with Gasteiger partial charge in [-0.25, -0.2) is 0 Å². The predicted octanol–water partition coefficient (Wildman–Crippen LogP) is 1.46. The Morgan fingerprint density at radius 1 is 1.53 bits per heavy atom. The lowest BCUT2D eigenvalue weighted by Gasteiger charge is -2.13. The molecule has 1 aromatic carbocycles. The molecule has 0 amide bonds. The van der Waals surface area contributed by atoms with E-state index in [2.05, 4.69) is 35.5 Å². The topological polar surface area (TPSA) is 39.1 Å². The van der Waals surface area contributed by atoms with Gasteiger partial charge in [0, 0.05) is 19.3 Å². The average molecular weight is 201 g/mol. The zero-order valence-electron chi connectivity index (χ0n) is 9.12. The van der Waals surface area contributed by atoms with Crippen molar-refractivity contribution < 1.29 is 0 Å². The molecule has 2 rings (SSSR count). The van der Waals surface area contributed by atoms with Crippen molar-refractivity contribution in [3.8, 4) is 6.07 Å². The fourth-order valence-electron chi connectivity index (χ4n) is 2.07. The summed E-state index contributed by atoms with van der Waals surface area (Å²) in [6, 6.07) is 8.34. The molecule has 0 saturated heterocycles. The minimum atomic E-state index is -0.193. The van der Waals surface area contributed by atoms with E-state index in [-0.39, 0.29) is 6.04 Å². The van der Waals surface area contributed by atoms with E-state index in [4.69, 9.17) is 5.26 Å². The van der Waals surface area contributed by atoms with E-state index in [1.165, 1.54) is 11.3 Å². The number of nitrogens with one attached hydrogen (secondary N) is 1. The third-order valence-electron chi connectivity index (χ3n) is 2.98. The maximum absolute atomic E-state index is 8.96. The molecule has 1 aliphatic rings. The van der Waals surface area contributed by atoms with Crippen LogP contribution in [0, 0.1) is 11.3 Å². The van der Waals surface area contributed by atoms with Crippen molar-refractivity contribution in [2.45, 2.75) is 12.5 Å². The Bertz CT molecular complexity index is 406. The van der Waals surface area contributed by atoms with Crippen molar-refractivity contribution >= 4 is 5.69 Å². The van der Waals surface area contributed by atoms with Crippen LogP contribution in [0.4, 0.5) is 5.69 Å². The summed E-state index contributed by atoms with van der Waals surface area (Å²) in [6.45, 7) is 1.08. The zero-order chi connectivity index (χ0) is 10.8. The van der Waals surface area contributed by atoms with Gasteiger partial charge in [0.1, 0.15) is 6.04 Å². The molecule has 0 aromatic heterocycles. The minimum absolute atomic E-state index is 0.193. The van der Waals surface area contributed by atoms with Crippen LogP contribution in [0.1, 0.15) is 17.2 Å². The number of nitrogens with zero attached hydrogens (tertiary/aromatic N) is 2. The summed E-state index contributed by atoms with van der Waals surface area (Å²) < 4.78 is 0. The molecule has 3 nitrogen and oxygen atoms in total. The maximum Gasteiger partial charge on any atom is 0.121 e. The maximum atomic E-state index is 8.96. The predicted molar refractivity (Wildman–Crippen MR) is 60.8 cm³/mol. The van der Waals surface area contributed by atoms with Crippen LogP contribution < -0.4 is 10.2 Å². The minimum Gasteiger partial charge on any atom is -0.374 e. The fourth-order valence-corrected chi connectivity index (χ4v) is 2.07. The zero-order valence-corrected chi connectivity index (χ0v) is 9.12. The van der Waals surface area contributed by atoms with Gasteiger partial charge in [-0.3, -0.25) is 0 Å². The van der Waals surface area contributed by atoms with E-state index in [1.807, 2.05) is 13.1 Å². The van der Waals surface area contributed by atoms with Gasteiger partial charge in [0.2, 0.25) is 0 Å². The summed E-state index contributed by atoms with van der Waals surface area (Å²) in [5.41, 5.74) is 3.71. The van der Waals surface area contributed by atoms with Crippen molar-refractivity contribution in [1.82, 2.24) is 5.32 Å². The Morgan fingerprint density at radius 3 is 3.00 bits per heavy atom. The number of benzene rings is 1. The number of fused-ring (bicyclic) bond motifs is 1. The standard InChI is InChI=1S/C12H15N3/c1-14-11(8-13)9-3-4-12-10(7-9)5-6-15(12)2/h3-4,7,11,14H,5-6H2,1-2H3. The average Bonchev–Trinajstić information content (AvgIpc) is 2.62. The molecule has 78 valence electrons. The third kappa shape index (κ3) is 1.69. The first-order valence-electron chi connectivity index (χ1n) is 5.17. The summed E-state index contributed by atoms with van der Waals surface area (Å²) in [5.74, 6) is 0. The molecule has 1 N–H and O–H groups in total. The van der Waals surface area contributed by atoms with E-state index in [0.29, 0.717) is 0 Å². The molecule has 0 bridgehead atoms. The molecule has 1 unspecified atom stereocenters. The Kier molecular flexibility index (Phi) is 2.61. The summed E-state index contributed by atoms with van der Waals surface area (Å²) in [4.78, 5) is 2.25. The van der Waals surface area contributed by atoms with Crippen LogP contribution >= 0.6 is 0 Å². The second kappa shape index (κ2) is 3.92. The normalized spacial score (nSPS) is 15.9. The number of anilines is 1. The second-order valence-corrected chi connectivity index (χ2v) is 3.91. The highest BCUT2D eigenvalue weighted by atomic mass is 15.1. The Balaban J connectivity index is 2.35. The van der Waals surface area contributed by atoms with Crippen LogP contribution in [-0.2, 0) is 6.42 Å². The van der Waals surface area contributed by atoms with Gasteiger partial charge >= 0.3 is 0 Å². The number of likely N-dealkylation sites (N-methyl/N-ethyl adjacent to an activating group) is 1. The van der Waals surface area contributed by atoms with Gasteiger partial charge in [-0.15, -0.1) is 0 Å². The van der Waals surface area contributed by atoms with Gasteiger partial charge in [-0.1, -0.05) is 12.1 Å². The summed E-state index contributed by atoms with van der Waals surface area (Å²) in [5, 5.41) is 12.0. The first kappa shape index (κ1) is 10.0. The lowest BCUT2D eigenvalue weighted by atomic mass is 10.0. The quantitative estimate of drug-likeness (QED) is 0.787. The molecule has 0 aliphatic carbocycles. The summed E-state index contributed by atoms with van der Waals surface area (Å²) in [6.07, 6.45) is 1.08. The highest BCUT2D eigenvalue weighted by Crippen LogP contribution is 2.29. The van der Waals surface area contributed by atoms with E-state index in [9.17, 15) is 0 Å². The number of nitriles is 1. The van der Waals surface area contributed by atoms with Gasteiger partial charge in [0.05, 0.1) is 6.07 Å². The van der Waals surface area contributed by atoms with Crippen molar-refractivity contribution in [3.63, 3.8) is 0 Å². The van der Waals surface area contributed by atoms with Crippen molar-refractivity contribution in [3.05, 3.63) is 29.3 Å². The Morgan fingerprint density at radius 2 is 2.33 bits per heavy atom. The smallest absolute Gasteiger partial charge is 0.121 e. The SMILES string of the molecule is CNC(C#N)c1ccc2c(c1)CCN2C. The second-order valence-electron chi connectivity index (χ2n) is 3.91. The van der Waals surface area contributed by atoms with Crippen molar-refractivity contribution in [2.75, 3.05) is 25.5 Å². The Labute approximate surface area is 90.3 Å². The van der Waals surface area contributed by atoms with Gasteiger partial charge in [-0.2, -0.15) is 5.26 Å². The molecule has 3 heteroatoms. The molecule has 0 radical (unpaired) electrons. The molecule has 0 fully saturated rings. The van der Waals surface area contributed by atoms with E-state index in [1.54, 1.807) is 0 Å². The van der Waals surface area contributed by atoms with Crippen LogP contribution in [0.5, 0.6) is 0 Å². The first-order chi connectivity index (χ1) is 7.26. The van der Waals surface area contributed by atoms with Crippen LogP contribution in [0.25, 0.3) is 0 Å². The monoisotopic (exact) mass is 201 g/mol. The van der Waals surface area contributed by atoms with Crippen molar-refractivity contribution in [1.29, 1.82) is 5.26 Å².